The average molecular weight is 329 g/mol. The molecule has 0 aliphatic carbocycles. The van der Waals surface area contributed by atoms with Crippen LogP contribution in [0, 0.1) is 15.9 Å². The minimum Gasteiger partial charge on any atom is -0.444 e. The second-order valence-electron chi connectivity index (χ2n) is 3.45. The molecule has 0 saturated carbocycles. The van der Waals surface area contributed by atoms with Gasteiger partial charge in [-0.2, -0.15) is 0 Å². The van der Waals surface area contributed by atoms with Crippen molar-refractivity contribution >= 4 is 33.2 Å². The number of rotatable bonds is 3. The van der Waals surface area contributed by atoms with Crippen molar-refractivity contribution in [1.82, 2.24) is 0 Å². The molecule has 1 aromatic carbocycles. The Balaban J connectivity index is 2.33. The van der Waals surface area contributed by atoms with Gasteiger partial charge in [0.2, 0.25) is 0 Å². The molecule has 0 spiro atoms. The maximum Gasteiger partial charge on any atom is 0.295 e. The smallest absolute Gasteiger partial charge is 0.295 e. The predicted molar refractivity (Wildman–Crippen MR) is 67.4 cm³/mol. The van der Waals surface area contributed by atoms with Crippen LogP contribution in [-0.2, 0) is 0 Å². The van der Waals surface area contributed by atoms with Crippen molar-refractivity contribution in [2.45, 2.75) is 0 Å². The summed E-state index contributed by atoms with van der Waals surface area (Å²) in [4.78, 5) is 21.7. The number of halogens is 2. The van der Waals surface area contributed by atoms with E-state index >= 15 is 0 Å². The van der Waals surface area contributed by atoms with E-state index in [1.165, 1.54) is 18.2 Å². The molecule has 6 nitrogen and oxygen atoms in total. The molecule has 0 radical (unpaired) electrons. The zero-order chi connectivity index (χ0) is 14.0. The van der Waals surface area contributed by atoms with E-state index in [9.17, 15) is 19.3 Å². The number of para-hydroxylation sites is 1. The first-order valence-corrected chi connectivity index (χ1v) is 5.78. The SMILES string of the molecule is O=C(Nc1c(F)cccc1[N+](=O)[O-])c1ccc(Br)o1. The molecule has 0 fully saturated rings. The van der Waals surface area contributed by atoms with Gasteiger partial charge in [-0.3, -0.25) is 14.9 Å². The lowest BCUT2D eigenvalue weighted by molar-refractivity contribution is -0.384. The van der Waals surface area contributed by atoms with Gasteiger partial charge in [-0.05, 0) is 34.1 Å². The second-order valence-corrected chi connectivity index (χ2v) is 4.23. The third kappa shape index (κ3) is 2.79. The van der Waals surface area contributed by atoms with Crippen molar-refractivity contribution < 1.29 is 18.5 Å². The predicted octanol–water partition coefficient (Wildman–Crippen LogP) is 3.34. The topological polar surface area (TPSA) is 85.4 Å². The highest BCUT2D eigenvalue weighted by Gasteiger charge is 2.21. The van der Waals surface area contributed by atoms with Crippen LogP contribution in [0.3, 0.4) is 0 Å². The van der Waals surface area contributed by atoms with E-state index in [-0.39, 0.29) is 5.76 Å². The van der Waals surface area contributed by atoms with Gasteiger partial charge in [-0.25, -0.2) is 4.39 Å². The summed E-state index contributed by atoms with van der Waals surface area (Å²) < 4.78 is 18.8. The zero-order valence-electron chi connectivity index (χ0n) is 9.22. The monoisotopic (exact) mass is 328 g/mol. The fraction of sp³-hybridized carbons (Fsp3) is 0. The Morgan fingerprint density at radius 3 is 2.68 bits per heavy atom. The van der Waals surface area contributed by atoms with Crippen LogP contribution in [0.4, 0.5) is 15.8 Å². The molecule has 0 unspecified atom stereocenters. The minimum atomic E-state index is -0.895. The largest absolute Gasteiger partial charge is 0.444 e. The van der Waals surface area contributed by atoms with Crippen molar-refractivity contribution in [3.05, 3.63) is 56.7 Å². The summed E-state index contributed by atoms with van der Waals surface area (Å²) in [6.07, 6.45) is 0. The van der Waals surface area contributed by atoms with Gasteiger partial charge in [-0.1, -0.05) is 6.07 Å². The lowest BCUT2D eigenvalue weighted by Crippen LogP contribution is -2.13. The van der Waals surface area contributed by atoms with Gasteiger partial charge in [0.1, 0.15) is 0 Å². The highest BCUT2D eigenvalue weighted by atomic mass is 79.9. The van der Waals surface area contributed by atoms with Crippen LogP contribution in [0.25, 0.3) is 0 Å². The number of nitro groups is 1. The van der Waals surface area contributed by atoms with Crippen molar-refractivity contribution in [3.63, 3.8) is 0 Å². The number of hydrogen-bond acceptors (Lipinski definition) is 4. The van der Waals surface area contributed by atoms with Crippen LogP contribution in [0.5, 0.6) is 0 Å². The van der Waals surface area contributed by atoms with Gasteiger partial charge in [0.15, 0.2) is 21.9 Å². The van der Waals surface area contributed by atoms with Crippen LogP contribution >= 0.6 is 15.9 Å². The molecule has 98 valence electrons. The highest BCUT2D eigenvalue weighted by Crippen LogP contribution is 2.27. The van der Waals surface area contributed by atoms with Crippen LogP contribution in [0.2, 0.25) is 0 Å². The fourth-order valence-corrected chi connectivity index (χ4v) is 1.71. The molecular formula is C11H6BrFN2O4. The fourth-order valence-electron chi connectivity index (χ4n) is 1.40. The third-order valence-electron chi connectivity index (χ3n) is 2.22. The van der Waals surface area contributed by atoms with Gasteiger partial charge in [0.05, 0.1) is 4.92 Å². The number of anilines is 1. The summed E-state index contributed by atoms with van der Waals surface area (Å²) in [7, 11) is 0. The van der Waals surface area contributed by atoms with E-state index in [1.54, 1.807) is 0 Å². The van der Waals surface area contributed by atoms with E-state index in [4.69, 9.17) is 4.42 Å². The maximum absolute atomic E-state index is 13.5. The molecule has 2 aromatic rings. The van der Waals surface area contributed by atoms with Crippen molar-refractivity contribution in [3.8, 4) is 0 Å². The van der Waals surface area contributed by atoms with Gasteiger partial charge >= 0.3 is 0 Å². The first kappa shape index (κ1) is 13.2. The number of amides is 1. The van der Waals surface area contributed by atoms with Gasteiger partial charge in [-0.15, -0.1) is 0 Å². The van der Waals surface area contributed by atoms with E-state index in [0.29, 0.717) is 4.67 Å². The normalized spacial score (nSPS) is 10.2. The van der Waals surface area contributed by atoms with E-state index in [0.717, 1.165) is 12.1 Å². The summed E-state index contributed by atoms with van der Waals surface area (Å²) in [5.74, 6) is -1.77. The lowest BCUT2D eigenvalue weighted by Gasteiger charge is -2.05. The number of hydrogen-bond donors (Lipinski definition) is 1. The number of nitro benzene ring substituents is 1. The first-order valence-electron chi connectivity index (χ1n) is 4.98. The molecule has 8 heteroatoms. The number of carbonyl (C=O) groups excluding carboxylic acids is 1. The Hall–Kier alpha value is -2.22. The molecule has 1 N–H and O–H groups in total. The molecule has 0 bridgehead atoms. The van der Waals surface area contributed by atoms with Crippen molar-refractivity contribution in [2.75, 3.05) is 5.32 Å². The Bertz CT molecular complexity index is 656. The quantitative estimate of drug-likeness (QED) is 0.691. The zero-order valence-corrected chi connectivity index (χ0v) is 10.8. The van der Waals surface area contributed by atoms with Crippen LogP contribution in [-0.4, -0.2) is 10.8 Å². The number of carbonyl (C=O) groups is 1. The molecule has 0 atom stereocenters. The summed E-state index contributed by atoms with van der Waals surface area (Å²) in [5.41, 5.74) is -1.02. The highest BCUT2D eigenvalue weighted by molar-refractivity contribution is 9.10. The second kappa shape index (κ2) is 5.19. The van der Waals surface area contributed by atoms with Gasteiger partial charge in [0.25, 0.3) is 11.6 Å². The minimum absolute atomic E-state index is 0.0931. The maximum atomic E-state index is 13.5. The van der Waals surface area contributed by atoms with Crippen molar-refractivity contribution in [2.24, 2.45) is 0 Å². The molecular weight excluding hydrogens is 323 g/mol. The number of nitrogens with one attached hydrogen (secondary N) is 1. The Morgan fingerprint density at radius 1 is 1.37 bits per heavy atom. The van der Waals surface area contributed by atoms with Crippen LogP contribution in [0.15, 0.2) is 39.4 Å². The molecule has 1 amide bonds. The van der Waals surface area contributed by atoms with Gasteiger partial charge < -0.3 is 9.73 Å². The van der Waals surface area contributed by atoms with Crippen LogP contribution < -0.4 is 5.32 Å². The van der Waals surface area contributed by atoms with E-state index in [2.05, 4.69) is 21.2 Å². The van der Waals surface area contributed by atoms with Crippen molar-refractivity contribution in [1.29, 1.82) is 0 Å². The molecule has 19 heavy (non-hydrogen) atoms. The van der Waals surface area contributed by atoms with E-state index < -0.39 is 28.0 Å². The van der Waals surface area contributed by atoms with E-state index in [1.807, 2.05) is 0 Å². The summed E-state index contributed by atoms with van der Waals surface area (Å²) in [6.45, 7) is 0. The first-order chi connectivity index (χ1) is 8.99. The summed E-state index contributed by atoms with van der Waals surface area (Å²) in [6, 6.07) is 6.13. The van der Waals surface area contributed by atoms with Crippen LogP contribution in [0.1, 0.15) is 10.6 Å². The third-order valence-corrected chi connectivity index (χ3v) is 2.65. The number of furan rings is 1. The average Bonchev–Trinajstić information content (AvgIpc) is 2.78. The Morgan fingerprint density at radius 2 is 2.11 bits per heavy atom. The van der Waals surface area contributed by atoms with Gasteiger partial charge in [0, 0.05) is 6.07 Å². The molecule has 0 saturated heterocycles. The molecule has 0 aliphatic heterocycles. The molecule has 0 aliphatic rings. The molecule has 2 rings (SSSR count). The Kier molecular flexibility index (Phi) is 3.61. The number of nitrogens with zero attached hydrogens (tertiary/aromatic N) is 1. The summed E-state index contributed by atoms with van der Waals surface area (Å²) in [5, 5.41) is 12.9. The lowest BCUT2D eigenvalue weighted by atomic mass is 10.2. The summed E-state index contributed by atoms with van der Waals surface area (Å²) >= 11 is 3.01. The molecule has 1 heterocycles. The Labute approximate surface area is 114 Å². The number of benzene rings is 1. The standard InChI is InChI=1S/C11H6BrFN2O4/c12-9-5-4-8(19-9)11(16)14-10-6(13)2-1-3-7(10)15(17)18/h1-5H,(H,14,16). The molecule has 1 aromatic heterocycles.